The van der Waals surface area contributed by atoms with Crippen LogP contribution in [0.25, 0.3) is 16.3 Å². The van der Waals surface area contributed by atoms with E-state index in [1.165, 1.54) is 23.5 Å². The van der Waals surface area contributed by atoms with Gasteiger partial charge in [-0.1, -0.05) is 6.07 Å². The van der Waals surface area contributed by atoms with Gasteiger partial charge in [0.25, 0.3) is 5.56 Å². The predicted molar refractivity (Wildman–Crippen MR) is 113 cm³/mol. The lowest BCUT2D eigenvalue weighted by Gasteiger charge is -2.22. The van der Waals surface area contributed by atoms with E-state index in [0.717, 1.165) is 27.6 Å². The average Bonchev–Trinajstić information content (AvgIpc) is 3.49. The van der Waals surface area contributed by atoms with Crippen molar-refractivity contribution in [3.05, 3.63) is 62.8 Å². The summed E-state index contributed by atoms with van der Waals surface area (Å²) < 4.78 is 42.6. The number of benzene rings is 1. The number of hydrogen-bond acceptors (Lipinski definition) is 5. The van der Waals surface area contributed by atoms with Crippen molar-refractivity contribution >= 4 is 17.0 Å². The molecule has 1 fully saturated rings. The minimum Gasteiger partial charge on any atom is -0.391 e. The Morgan fingerprint density at radius 2 is 1.97 bits per heavy atom. The molecule has 162 valence electrons. The highest BCUT2D eigenvalue weighted by molar-refractivity contribution is 7.13. The monoisotopic (exact) mass is 447 g/mol. The second-order valence-corrected chi connectivity index (χ2v) is 8.89. The number of thiophene rings is 1. The van der Waals surface area contributed by atoms with E-state index in [-0.39, 0.29) is 5.69 Å². The van der Waals surface area contributed by atoms with Crippen molar-refractivity contribution in [1.29, 1.82) is 0 Å². The van der Waals surface area contributed by atoms with Gasteiger partial charge in [0.15, 0.2) is 0 Å². The molecule has 1 unspecified atom stereocenters. The van der Waals surface area contributed by atoms with E-state index < -0.39 is 23.4 Å². The Balaban J connectivity index is 1.74. The second kappa shape index (κ2) is 7.49. The summed E-state index contributed by atoms with van der Waals surface area (Å²) in [6.07, 6.45) is -2.58. The van der Waals surface area contributed by atoms with Crippen molar-refractivity contribution in [2.75, 3.05) is 18.0 Å². The number of aromatic nitrogens is 2. The van der Waals surface area contributed by atoms with Crippen LogP contribution in [0.4, 0.5) is 18.9 Å². The minimum absolute atomic E-state index is 0.274. The predicted octanol–water partition coefficient (Wildman–Crippen LogP) is 4.04. The molecular weight excluding hydrogens is 427 g/mol. The van der Waals surface area contributed by atoms with Crippen LogP contribution in [0.5, 0.6) is 0 Å². The van der Waals surface area contributed by atoms with Crippen LogP contribution in [0.1, 0.15) is 29.5 Å². The summed E-state index contributed by atoms with van der Waals surface area (Å²) >= 11 is 1.45. The lowest BCUT2D eigenvalue weighted by molar-refractivity contribution is -0.137. The summed E-state index contributed by atoms with van der Waals surface area (Å²) in [5.74, 6) is 0. The molecular formula is C22H20F3N3O2S. The number of nitrogens with zero attached hydrogens (tertiary/aromatic N) is 3. The van der Waals surface area contributed by atoms with Gasteiger partial charge in [-0.2, -0.15) is 23.0 Å². The fourth-order valence-electron chi connectivity index (χ4n) is 4.46. The number of hydrogen-bond donors (Lipinski definition) is 1. The Hall–Kier alpha value is -2.65. The zero-order chi connectivity index (χ0) is 21.8. The summed E-state index contributed by atoms with van der Waals surface area (Å²) in [6.45, 7) is 0.886. The van der Waals surface area contributed by atoms with E-state index in [1.54, 1.807) is 0 Å². The topological polar surface area (TPSA) is 58.4 Å². The second-order valence-electron chi connectivity index (χ2n) is 7.94. The summed E-state index contributed by atoms with van der Waals surface area (Å²) in [6, 6.07) is 7.49. The summed E-state index contributed by atoms with van der Waals surface area (Å²) in [4.78, 5) is 15.9. The molecule has 0 saturated carbocycles. The molecule has 0 spiro atoms. The molecule has 5 nitrogen and oxygen atoms in total. The van der Waals surface area contributed by atoms with Crippen LogP contribution in [-0.4, -0.2) is 34.1 Å². The normalized spacial score (nSPS) is 18.6. The number of fused-ring (bicyclic) bond motifs is 1. The number of halogens is 3. The highest BCUT2D eigenvalue weighted by atomic mass is 32.1. The molecule has 31 heavy (non-hydrogen) atoms. The first-order valence-electron chi connectivity index (χ1n) is 10.2. The molecule has 9 heteroatoms. The van der Waals surface area contributed by atoms with Gasteiger partial charge >= 0.3 is 6.18 Å². The van der Waals surface area contributed by atoms with E-state index in [2.05, 4.69) is 5.10 Å². The quantitative estimate of drug-likeness (QED) is 0.659. The molecule has 3 heterocycles. The fourth-order valence-corrected chi connectivity index (χ4v) is 5.19. The average molecular weight is 447 g/mol. The molecule has 2 aliphatic rings. The zero-order valence-corrected chi connectivity index (χ0v) is 17.3. The lowest BCUT2D eigenvalue weighted by Crippen LogP contribution is -2.29. The van der Waals surface area contributed by atoms with Crippen molar-refractivity contribution in [2.45, 2.75) is 38.0 Å². The van der Waals surface area contributed by atoms with Crippen LogP contribution in [-0.2, 0) is 19.0 Å². The molecule has 1 aliphatic heterocycles. The van der Waals surface area contributed by atoms with Crippen molar-refractivity contribution in [1.82, 2.24) is 9.78 Å². The number of rotatable bonds is 3. The first kappa shape index (κ1) is 20.3. The van der Waals surface area contributed by atoms with E-state index in [9.17, 15) is 23.1 Å². The maximum absolute atomic E-state index is 13.9. The number of anilines is 1. The third-order valence-electron chi connectivity index (χ3n) is 5.95. The van der Waals surface area contributed by atoms with E-state index in [4.69, 9.17) is 0 Å². The van der Waals surface area contributed by atoms with Gasteiger partial charge in [0.1, 0.15) is 5.69 Å². The van der Waals surface area contributed by atoms with E-state index >= 15 is 0 Å². The van der Waals surface area contributed by atoms with Crippen molar-refractivity contribution in [3.63, 3.8) is 0 Å². The SMILES string of the molecule is O=c1c2c(c(-c3cccs3)nn1-c1cc(N3CCC(O)C3)ccc1C(F)(F)F)CCC2. The van der Waals surface area contributed by atoms with Crippen LogP contribution in [0.15, 0.2) is 40.5 Å². The standard InChI is InChI=1S/C22H20F3N3O2S/c23-22(24,25)17-7-6-13(27-9-8-14(29)12-27)11-18(17)28-21(30)16-4-1-3-15(16)20(26-28)19-5-2-10-31-19/h2,5-7,10-11,14,29H,1,3-4,8-9,12H2. The fraction of sp³-hybridized carbons (Fsp3) is 0.364. The summed E-state index contributed by atoms with van der Waals surface area (Å²) in [7, 11) is 0. The summed E-state index contributed by atoms with van der Waals surface area (Å²) in [5.41, 5.74) is 0.842. The maximum atomic E-state index is 13.9. The number of aliphatic hydroxyl groups is 1. The molecule has 1 aromatic carbocycles. The van der Waals surface area contributed by atoms with Gasteiger partial charge in [0.2, 0.25) is 0 Å². The van der Waals surface area contributed by atoms with Crippen molar-refractivity contribution in [3.8, 4) is 16.3 Å². The van der Waals surface area contributed by atoms with Crippen LogP contribution in [0, 0.1) is 0 Å². The van der Waals surface area contributed by atoms with Gasteiger partial charge in [0.05, 0.1) is 22.2 Å². The lowest BCUT2D eigenvalue weighted by atomic mass is 10.1. The number of aliphatic hydroxyl groups excluding tert-OH is 1. The molecule has 5 rings (SSSR count). The highest BCUT2D eigenvalue weighted by Gasteiger charge is 2.36. The Morgan fingerprint density at radius 1 is 1.16 bits per heavy atom. The van der Waals surface area contributed by atoms with E-state index in [1.807, 2.05) is 22.4 Å². The van der Waals surface area contributed by atoms with Crippen LogP contribution < -0.4 is 10.5 Å². The Kier molecular flexibility index (Phi) is 4.90. The highest BCUT2D eigenvalue weighted by Crippen LogP contribution is 2.37. The summed E-state index contributed by atoms with van der Waals surface area (Å²) in [5, 5.41) is 16.2. The molecule has 1 N–H and O–H groups in total. The molecule has 0 bridgehead atoms. The van der Waals surface area contributed by atoms with Crippen molar-refractivity contribution in [2.24, 2.45) is 0 Å². The molecule has 0 radical (unpaired) electrons. The Morgan fingerprint density at radius 3 is 2.65 bits per heavy atom. The zero-order valence-electron chi connectivity index (χ0n) is 16.5. The van der Waals surface area contributed by atoms with E-state index in [0.29, 0.717) is 49.3 Å². The van der Waals surface area contributed by atoms with Gasteiger partial charge in [0, 0.05) is 24.3 Å². The Labute approximate surface area is 180 Å². The van der Waals surface area contributed by atoms with Gasteiger partial charge in [-0.25, -0.2) is 0 Å². The Bertz CT molecular complexity index is 1190. The van der Waals surface area contributed by atoms with Gasteiger partial charge < -0.3 is 10.0 Å². The molecule has 2 aromatic heterocycles. The molecule has 3 aromatic rings. The smallest absolute Gasteiger partial charge is 0.391 e. The number of alkyl halides is 3. The van der Waals surface area contributed by atoms with Gasteiger partial charge in [-0.15, -0.1) is 11.3 Å². The van der Waals surface area contributed by atoms with Crippen LogP contribution >= 0.6 is 11.3 Å². The number of β-amino-alcohol motifs (C(OH)–C–C–N with tert-alkyl or cyclic N) is 1. The first-order valence-corrected chi connectivity index (χ1v) is 11.0. The molecule has 1 atom stereocenters. The third-order valence-corrected chi connectivity index (χ3v) is 6.83. The molecule has 1 saturated heterocycles. The molecule has 1 aliphatic carbocycles. The van der Waals surface area contributed by atoms with Crippen LogP contribution in [0.3, 0.4) is 0 Å². The largest absolute Gasteiger partial charge is 0.418 e. The molecule has 0 amide bonds. The third kappa shape index (κ3) is 3.55. The van der Waals surface area contributed by atoms with Crippen molar-refractivity contribution < 1.29 is 18.3 Å². The minimum atomic E-state index is -4.64. The van der Waals surface area contributed by atoms with Gasteiger partial charge in [-0.3, -0.25) is 4.79 Å². The maximum Gasteiger partial charge on any atom is 0.418 e. The first-order chi connectivity index (χ1) is 14.8. The van der Waals surface area contributed by atoms with Gasteiger partial charge in [-0.05, 0) is 60.9 Å². The van der Waals surface area contributed by atoms with Crippen LogP contribution in [0.2, 0.25) is 0 Å².